The first-order valence-corrected chi connectivity index (χ1v) is 7.91. The van der Waals surface area contributed by atoms with E-state index in [4.69, 9.17) is 0 Å². The molecule has 1 saturated heterocycles. The summed E-state index contributed by atoms with van der Waals surface area (Å²) >= 11 is 0. The molecule has 0 bridgehead atoms. The summed E-state index contributed by atoms with van der Waals surface area (Å²) in [6.07, 6.45) is 3.61. The van der Waals surface area contributed by atoms with E-state index in [9.17, 15) is 9.90 Å². The van der Waals surface area contributed by atoms with Crippen LogP contribution in [0.5, 0.6) is 0 Å². The van der Waals surface area contributed by atoms with Crippen molar-refractivity contribution in [2.75, 3.05) is 19.6 Å². The molecule has 0 aromatic heterocycles. The number of rotatable bonds is 5. The van der Waals surface area contributed by atoms with E-state index in [0.717, 1.165) is 19.0 Å². The lowest BCUT2D eigenvalue weighted by atomic mass is 9.77. The summed E-state index contributed by atoms with van der Waals surface area (Å²) in [5.74, 6) is 0.00385. The van der Waals surface area contributed by atoms with Crippen LogP contribution in [-0.2, 0) is 4.79 Å². The van der Waals surface area contributed by atoms with Crippen molar-refractivity contribution in [2.24, 2.45) is 11.3 Å². The molecule has 1 aliphatic heterocycles. The molecule has 0 aromatic carbocycles. The number of hydrogen-bond donors (Lipinski definition) is 2. The number of likely N-dealkylation sites (tertiary alicyclic amines) is 1. The first-order valence-electron chi connectivity index (χ1n) is 7.91. The molecule has 0 amide bonds. The molecule has 1 rings (SSSR count). The minimum absolute atomic E-state index is 0.199. The van der Waals surface area contributed by atoms with E-state index in [-0.39, 0.29) is 6.04 Å². The van der Waals surface area contributed by atoms with E-state index in [1.165, 1.54) is 19.3 Å². The van der Waals surface area contributed by atoms with Crippen LogP contribution in [0, 0.1) is 11.3 Å². The lowest BCUT2D eigenvalue weighted by molar-refractivity contribution is -0.140. The smallest absolute Gasteiger partial charge is 0.322 e. The fourth-order valence-corrected chi connectivity index (χ4v) is 3.07. The summed E-state index contributed by atoms with van der Waals surface area (Å²) in [7, 11) is 0. The van der Waals surface area contributed by atoms with Crippen molar-refractivity contribution >= 4 is 5.97 Å². The number of aliphatic carboxylic acids is 1. The number of nitrogens with one attached hydrogen (secondary N) is 1. The van der Waals surface area contributed by atoms with Gasteiger partial charge in [-0.3, -0.25) is 4.79 Å². The minimum atomic E-state index is -0.740. The van der Waals surface area contributed by atoms with Crippen molar-refractivity contribution < 1.29 is 9.90 Å². The Morgan fingerprint density at radius 1 is 1.30 bits per heavy atom. The predicted octanol–water partition coefficient (Wildman–Crippen LogP) is 2.59. The van der Waals surface area contributed by atoms with Crippen LogP contribution in [0.25, 0.3) is 0 Å². The van der Waals surface area contributed by atoms with Crippen LogP contribution < -0.4 is 5.32 Å². The van der Waals surface area contributed by atoms with E-state index < -0.39 is 12.0 Å². The van der Waals surface area contributed by atoms with Gasteiger partial charge < -0.3 is 15.3 Å². The normalized spacial score (nSPS) is 23.6. The van der Waals surface area contributed by atoms with Crippen LogP contribution in [-0.4, -0.2) is 47.7 Å². The number of carboxylic acid groups (broad SMARTS) is 1. The van der Waals surface area contributed by atoms with Crippen molar-refractivity contribution in [2.45, 2.75) is 66.0 Å². The molecule has 0 aliphatic carbocycles. The highest BCUT2D eigenvalue weighted by molar-refractivity contribution is 5.73. The molecule has 118 valence electrons. The molecule has 4 heteroatoms. The highest BCUT2D eigenvalue weighted by Gasteiger charge is 2.28. The van der Waals surface area contributed by atoms with E-state index >= 15 is 0 Å². The summed E-state index contributed by atoms with van der Waals surface area (Å²) < 4.78 is 0. The standard InChI is InChI=1S/C16H32N2O2/c1-12(2)17-14(15(19)20)11-18-9-6-7-13(8-10-18)16(3,4)5/h12-14,17H,6-11H2,1-5H3,(H,19,20). The Kier molecular flexibility index (Phi) is 6.46. The van der Waals surface area contributed by atoms with E-state index in [0.29, 0.717) is 12.0 Å². The van der Waals surface area contributed by atoms with Gasteiger partial charge >= 0.3 is 5.97 Å². The second-order valence-electron chi connectivity index (χ2n) is 7.51. The van der Waals surface area contributed by atoms with Gasteiger partial charge in [0.1, 0.15) is 6.04 Å². The second-order valence-corrected chi connectivity index (χ2v) is 7.51. The lowest BCUT2D eigenvalue weighted by Gasteiger charge is -2.30. The van der Waals surface area contributed by atoms with E-state index in [1.807, 2.05) is 13.8 Å². The second kappa shape index (κ2) is 7.41. The molecule has 1 heterocycles. The van der Waals surface area contributed by atoms with Crippen LogP contribution in [0.2, 0.25) is 0 Å². The van der Waals surface area contributed by atoms with Crippen LogP contribution in [0.3, 0.4) is 0 Å². The molecular weight excluding hydrogens is 252 g/mol. The van der Waals surface area contributed by atoms with Gasteiger partial charge in [-0.2, -0.15) is 0 Å². The topological polar surface area (TPSA) is 52.6 Å². The predicted molar refractivity (Wildman–Crippen MR) is 82.9 cm³/mol. The molecule has 0 spiro atoms. The Labute approximate surface area is 123 Å². The first-order chi connectivity index (χ1) is 9.20. The third-order valence-electron chi connectivity index (χ3n) is 4.32. The quantitative estimate of drug-likeness (QED) is 0.815. The molecule has 2 N–H and O–H groups in total. The molecular formula is C16H32N2O2. The van der Waals surface area contributed by atoms with Crippen LogP contribution >= 0.6 is 0 Å². The van der Waals surface area contributed by atoms with Crippen molar-refractivity contribution in [1.29, 1.82) is 0 Å². The number of carboxylic acids is 1. The summed E-state index contributed by atoms with van der Waals surface area (Å²) in [5, 5.41) is 12.5. The number of nitrogens with zero attached hydrogens (tertiary/aromatic N) is 1. The number of carbonyl (C=O) groups is 1. The molecule has 0 saturated carbocycles. The third kappa shape index (κ3) is 5.80. The van der Waals surface area contributed by atoms with Gasteiger partial charge in [0.05, 0.1) is 0 Å². The largest absolute Gasteiger partial charge is 0.480 e. The molecule has 0 radical (unpaired) electrons. The molecule has 1 fully saturated rings. The molecule has 0 aromatic rings. The van der Waals surface area contributed by atoms with Gasteiger partial charge in [0.2, 0.25) is 0 Å². The third-order valence-corrected chi connectivity index (χ3v) is 4.32. The highest BCUT2D eigenvalue weighted by atomic mass is 16.4. The van der Waals surface area contributed by atoms with Crippen molar-refractivity contribution in [3.05, 3.63) is 0 Å². The molecule has 2 unspecified atom stereocenters. The maximum atomic E-state index is 11.3. The zero-order valence-corrected chi connectivity index (χ0v) is 13.8. The highest BCUT2D eigenvalue weighted by Crippen LogP contribution is 2.34. The lowest BCUT2D eigenvalue weighted by Crippen LogP contribution is -2.48. The van der Waals surface area contributed by atoms with Crippen molar-refractivity contribution in [3.8, 4) is 0 Å². The summed E-state index contributed by atoms with van der Waals surface area (Å²) in [6, 6.07) is -0.258. The van der Waals surface area contributed by atoms with Gasteiger partial charge in [-0.05, 0) is 43.7 Å². The average molecular weight is 284 g/mol. The monoisotopic (exact) mass is 284 g/mol. The summed E-state index contributed by atoms with van der Waals surface area (Å²) in [6.45, 7) is 13.6. The zero-order valence-electron chi connectivity index (χ0n) is 13.8. The average Bonchev–Trinajstić information content (AvgIpc) is 2.52. The van der Waals surface area contributed by atoms with Gasteiger partial charge in [-0.1, -0.05) is 34.6 Å². The summed E-state index contributed by atoms with van der Waals surface area (Å²) in [4.78, 5) is 13.6. The molecule has 1 aliphatic rings. The first kappa shape index (κ1) is 17.4. The molecule has 20 heavy (non-hydrogen) atoms. The van der Waals surface area contributed by atoms with Gasteiger partial charge in [0, 0.05) is 12.6 Å². The van der Waals surface area contributed by atoms with Gasteiger partial charge in [-0.15, -0.1) is 0 Å². The number of hydrogen-bond acceptors (Lipinski definition) is 3. The minimum Gasteiger partial charge on any atom is -0.480 e. The van der Waals surface area contributed by atoms with E-state index in [1.54, 1.807) is 0 Å². The van der Waals surface area contributed by atoms with Crippen LogP contribution in [0.4, 0.5) is 0 Å². The Morgan fingerprint density at radius 3 is 2.45 bits per heavy atom. The van der Waals surface area contributed by atoms with E-state index in [2.05, 4.69) is 31.0 Å². The maximum absolute atomic E-state index is 11.3. The fraction of sp³-hybridized carbons (Fsp3) is 0.938. The van der Waals surface area contributed by atoms with Gasteiger partial charge in [0.15, 0.2) is 0 Å². The zero-order chi connectivity index (χ0) is 15.3. The summed E-state index contributed by atoms with van der Waals surface area (Å²) in [5.41, 5.74) is 0.360. The Morgan fingerprint density at radius 2 is 1.95 bits per heavy atom. The van der Waals surface area contributed by atoms with Crippen molar-refractivity contribution in [3.63, 3.8) is 0 Å². The Bertz CT molecular complexity index is 310. The SMILES string of the molecule is CC(C)NC(CN1CCCC(C(C)(C)C)CC1)C(=O)O. The van der Waals surface area contributed by atoms with Gasteiger partial charge in [0.25, 0.3) is 0 Å². The molecule has 2 atom stereocenters. The Hall–Kier alpha value is -0.610. The molecule has 4 nitrogen and oxygen atoms in total. The van der Waals surface area contributed by atoms with Crippen molar-refractivity contribution in [1.82, 2.24) is 10.2 Å². The fourth-order valence-electron chi connectivity index (χ4n) is 3.07. The van der Waals surface area contributed by atoms with Crippen LogP contribution in [0.1, 0.15) is 53.9 Å². The van der Waals surface area contributed by atoms with Crippen LogP contribution in [0.15, 0.2) is 0 Å². The Balaban J connectivity index is 2.54. The maximum Gasteiger partial charge on any atom is 0.322 e. The van der Waals surface area contributed by atoms with Gasteiger partial charge in [-0.25, -0.2) is 0 Å².